The van der Waals surface area contributed by atoms with E-state index in [2.05, 4.69) is 10.6 Å². The van der Waals surface area contributed by atoms with Crippen molar-refractivity contribution in [2.45, 2.75) is 13.3 Å². The average Bonchev–Trinajstić information content (AvgIpc) is 2.84. The van der Waals surface area contributed by atoms with Crippen LogP contribution in [-0.2, 0) is 9.59 Å². The number of amides is 1. The molecule has 1 aromatic rings. The number of carboxylic acid groups (broad SMARTS) is 1. The predicted molar refractivity (Wildman–Crippen MR) is 92.7 cm³/mol. The zero-order valence-corrected chi connectivity index (χ0v) is 14.2. The van der Waals surface area contributed by atoms with Gasteiger partial charge in [0.1, 0.15) is 0 Å². The number of likely N-dealkylation sites (tertiary alicyclic amines) is 1. The smallest absolute Gasteiger partial charge is 0.308 e. The van der Waals surface area contributed by atoms with Crippen molar-refractivity contribution in [2.24, 2.45) is 5.92 Å². The Bertz CT molecular complexity index is 638. The number of carbonyl (C=O) groups excluding carboxylic acids is 1. The zero-order valence-electron chi connectivity index (χ0n) is 12.6. The first kappa shape index (κ1) is 17.5. The molecule has 1 atom stereocenters. The number of halogens is 1. The number of nitrogens with one attached hydrogen (secondary N) is 2. The molecule has 8 heteroatoms. The summed E-state index contributed by atoms with van der Waals surface area (Å²) in [6.45, 7) is 3.05. The fraction of sp³-hybridized carbons (Fsp3) is 0.400. The van der Waals surface area contributed by atoms with E-state index in [1.54, 1.807) is 11.0 Å². The molecule has 0 spiro atoms. The second-order valence-corrected chi connectivity index (χ2v) is 6.26. The Labute approximate surface area is 144 Å². The van der Waals surface area contributed by atoms with E-state index in [1.165, 1.54) is 0 Å². The van der Waals surface area contributed by atoms with E-state index < -0.39 is 11.9 Å². The third-order valence-electron chi connectivity index (χ3n) is 3.67. The summed E-state index contributed by atoms with van der Waals surface area (Å²) in [6, 6.07) is 5.45. The molecular formula is C15H18ClN3O3S. The maximum atomic E-state index is 11.7. The van der Waals surface area contributed by atoms with E-state index >= 15 is 0 Å². The van der Waals surface area contributed by atoms with Gasteiger partial charge in [-0.2, -0.15) is 0 Å². The van der Waals surface area contributed by atoms with E-state index in [-0.39, 0.29) is 18.9 Å². The summed E-state index contributed by atoms with van der Waals surface area (Å²) in [5.74, 6) is -1.67. The van der Waals surface area contributed by atoms with Gasteiger partial charge in [-0.15, -0.1) is 0 Å². The number of carboxylic acids is 1. The first-order chi connectivity index (χ1) is 10.9. The fourth-order valence-corrected chi connectivity index (χ4v) is 2.83. The highest BCUT2D eigenvalue weighted by Crippen LogP contribution is 2.19. The lowest BCUT2D eigenvalue weighted by molar-refractivity contribution is -0.141. The van der Waals surface area contributed by atoms with Gasteiger partial charge in [0, 0.05) is 36.8 Å². The molecule has 0 saturated carbocycles. The molecule has 124 valence electrons. The van der Waals surface area contributed by atoms with Crippen molar-refractivity contribution in [1.82, 2.24) is 10.2 Å². The van der Waals surface area contributed by atoms with Crippen LogP contribution in [-0.4, -0.2) is 46.6 Å². The van der Waals surface area contributed by atoms with Crippen LogP contribution in [0.5, 0.6) is 0 Å². The number of hydrogen-bond donors (Lipinski definition) is 3. The third kappa shape index (κ3) is 4.80. The van der Waals surface area contributed by atoms with Crippen LogP contribution >= 0.6 is 23.8 Å². The lowest BCUT2D eigenvalue weighted by atomic mass is 10.1. The Kier molecular flexibility index (Phi) is 5.79. The summed E-state index contributed by atoms with van der Waals surface area (Å²) in [5.41, 5.74) is 1.83. The number of benzene rings is 1. The summed E-state index contributed by atoms with van der Waals surface area (Å²) in [6.07, 6.45) is 0.0714. The van der Waals surface area contributed by atoms with Crippen molar-refractivity contribution < 1.29 is 14.7 Å². The van der Waals surface area contributed by atoms with Crippen LogP contribution in [0.15, 0.2) is 18.2 Å². The zero-order chi connectivity index (χ0) is 17.0. The summed E-state index contributed by atoms with van der Waals surface area (Å²) in [5, 5.41) is 16.1. The number of thiocarbonyl (C=S) groups is 1. The molecule has 0 radical (unpaired) electrons. The molecule has 0 aromatic heterocycles. The largest absolute Gasteiger partial charge is 0.481 e. The molecule has 2 rings (SSSR count). The minimum atomic E-state index is -0.927. The number of carbonyl (C=O) groups is 2. The Balaban J connectivity index is 1.77. The minimum Gasteiger partial charge on any atom is -0.481 e. The number of aliphatic carboxylic acids is 1. The number of nitrogens with zero attached hydrogens (tertiary/aromatic N) is 1. The normalized spacial score (nSPS) is 17.2. The molecule has 1 heterocycles. The minimum absolute atomic E-state index is 0.0714. The van der Waals surface area contributed by atoms with Gasteiger partial charge in [0.05, 0.1) is 5.92 Å². The Morgan fingerprint density at radius 1 is 1.52 bits per heavy atom. The van der Waals surface area contributed by atoms with Gasteiger partial charge in [-0.1, -0.05) is 11.6 Å². The summed E-state index contributed by atoms with van der Waals surface area (Å²) < 4.78 is 0. The predicted octanol–water partition coefficient (Wildman–Crippen LogP) is 1.87. The standard InChI is InChI=1S/C15H18ClN3O3S/c1-9-6-11(16)2-3-12(9)18-15(23)17-4-5-19-8-10(14(21)22)7-13(19)20/h2-3,6,10H,4-5,7-8H2,1H3,(H,21,22)(H2,17,18,23). The van der Waals surface area contributed by atoms with Crippen molar-refractivity contribution in [1.29, 1.82) is 0 Å². The topological polar surface area (TPSA) is 81.7 Å². The Morgan fingerprint density at radius 3 is 2.87 bits per heavy atom. The average molecular weight is 356 g/mol. The maximum Gasteiger partial charge on any atom is 0.308 e. The molecule has 6 nitrogen and oxygen atoms in total. The van der Waals surface area contributed by atoms with Crippen LogP contribution in [0.4, 0.5) is 5.69 Å². The van der Waals surface area contributed by atoms with Gasteiger partial charge in [0.15, 0.2) is 5.11 Å². The first-order valence-corrected chi connectivity index (χ1v) is 7.97. The number of hydrogen-bond acceptors (Lipinski definition) is 3. The van der Waals surface area contributed by atoms with E-state index in [0.29, 0.717) is 23.2 Å². The quantitative estimate of drug-likeness (QED) is 0.699. The van der Waals surface area contributed by atoms with Gasteiger partial charge in [-0.05, 0) is 42.9 Å². The van der Waals surface area contributed by atoms with Gasteiger partial charge in [0.2, 0.25) is 5.91 Å². The van der Waals surface area contributed by atoms with Crippen molar-refractivity contribution in [3.05, 3.63) is 28.8 Å². The van der Waals surface area contributed by atoms with Crippen molar-refractivity contribution >= 4 is 46.5 Å². The first-order valence-electron chi connectivity index (χ1n) is 7.18. The van der Waals surface area contributed by atoms with Crippen LogP contribution in [0.2, 0.25) is 5.02 Å². The molecule has 0 bridgehead atoms. The lowest BCUT2D eigenvalue weighted by Gasteiger charge is -2.18. The third-order valence-corrected chi connectivity index (χ3v) is 4.15. The van der Waals surface area contributed by atoms with Gasteiger partial charge in [-0.25, -0.2) is 0 Å². The van der Waals surface area contributed by atoms with Crippen molar-refractivity contribution in [3.8, 4) is 0 Å². The molecule has 1 aliphatic heterocycles. The lowest BCUT2D eigenvalue weighted by Crippen LogP contribution is -2.37. The molecule has 1 aliphatic rings. The molecule has 3 N–H and O–H groups in total. The van der Waals surface area contributed by atoms with Gasteiger partial charge < -0.3 is 20.6 Å². The van der Waals surface area contributed by atoms with Gasteiger partial charge in [-0.3, -0.25) is 9.59 Å². The monoisotopic (exact) mass is 355 g/mol. The second-order valence-electron chi connectivity index (χ2n) is 5.42. The second kappa shape index (κ2) is 7.61. The SMILES string of the molecule is Cc1cc(Cl)ccc1NC(=S)NCCN1CC(C(=O)O)CC1=O. The fourth-order valence-electron chi connectivity index (χ4n) is 2.39. The van der Waals surface area contributed by atoms with E-state index in [4.69, 9.17) is 28.9 Å². The Morgan fingerprint density at radius 2 is 2.26 bits per heavy atom. The van der Waals surface area contributed by atoms with Crippen LogP contribution in [0.3, 0.4) is 0 Å². The van der Waals surface area contributed by atoms with Gasteiger partial charge >= 0.3 is 5.97 Å². The van der Waals surface area contributed by atoms with Crippen LogP contribution in [0, 0.1) is 12.8 Å². The number of anilines is 1. The Hall–Kier alpha value is -1.86. The van der Waals surface area contributed by atoms with Crippen LogP contribution in [0.25, 0.3) is 0 Å². The van der Waals surface area contributed by atoms with Crippen molar-refractivity contribution in [2.75, 3.05) is 25.0 Å². The molecular weight excluding hydrogens is 338 g/mol. The molecule has 1 aromatic carbocycles. The summed E-state index contributed by atoms with van der Waals surface area (Å²) >= 11 is 11.1. The highest BCUT2D eigenvalue weighted by Gasteiger charge is 2.33. The molecule has 0 aliphatic carbocycles. The maximum absolute atomic E-state index is 11.7. The molecule has 1 amide bonds. The van der Waals surface area contributed by atoms with E-state index in [1.807, 2.05) is 19.1 Å². The number of aryl methyl sites for hydroxylation is 1. The highest BCUT2D eigenvalue weighted by atomic mass is 35.5. The molecule has 1 unspecified atom stereocenters. The highest BCUT2D eigenvalue weighted by molar-refractivity contribution is 7.80. The van der Waals surface area contributed by atoms with Crippen LogP contribution < -0.4 is 10.6 Å². The van der Waals surface area contributed by atoms with E-state index in [0.717, 1.165) is 11.3 Å². The van der Waals surface area contributed by atoms with Crippen molar-refractivity contribution in [3.63, 3.8) is 0 Å². The number of rotatable bonds is 5. The molecule has 23 heavy (non-hydrogen) atoms. The summed E-state index contributed by atoms with van der Waals surface area (Å²) in [7, 11) is 0. The van der Waals surface area contributed by atoms with Crippen LogP contribution in [0.1, 0.15) is 12.0 Å². The molecule has 1 fully saturated rings. The summed E-state index contributed by atoms with van der Waals surface area (Å²) in [4.78, 5) is 24.1. The molecule has 1 saturated heterocycles. The van der Waals surface area contributed by atoms with Gasteiger partial charge in [0.25, 0.3) is 0 Å². The van der Waals surface area contributed by atoms with E-state index in [9.17, 15) is 9.59 Å².